The Morgan fingerprint density at radius 2 is 1.10 bits per heavy atom. The molecule has 1 heteroatoms. The third-order valence-corrected chi connectivity index (χ3v) is 5.10. The summed E-state index contributed by atoms with van der Waals surface area (Å²) in [5.41, 5.74) is 0. The predicted molar refractivity (Wildman–Crippen MR) is 91.9 cm³/mol. The summed E-state index contributed by atoms with van der Waals surface area (Å²) in [6.07, 6.45) is 24.5. The molecule has 0 radical (unpaired) electrons. The molecule has 0 aromatic heterocycles. The summed E-state index contributed by atoms with van der Waals surface area (Å²) in [6, 6.07) is 0. The van der Waals surface area contributed by atoms with Crippen LogP contribution < -0.4 is 18.9 Å². The average Bonchev–Trinajstić information content (AvgIpc) is 2.47. The van der Waals surface area contributed by atoms with E-state index in [0.29, 0.717) is 0 Å². The Hall–Kier alpha value is 0.597. The molecule has 0 saturated heterocycles. The summed E-state index contributed by atoms with van der Waals surface area (Å²) < 4.78 is 0. The molecule has 0 aromatic carbocycles. The van der Waals surface area contributed by atoms with E-state index in [-0.39, 0.29) is 18.9 Å². The first-order valence-corrected chi connectivity index (χ1v) is 9.68. The molecule has 1 aliphatic carbocycles. The van der Waals surface area contributed by atoms with E-state index >= 15 is 0 Å². The van der Waals surface area contributed by atoms with Gasteiger partial charge in [0.2, 0.25) is 0 Å². The minimum Gasteiger partial charge on any atom is -0.328 e. The standard InChI is InChI=1S/C20H39.Li/c1-3-5-7-9-11-14-19-16-13-17-20(18-19)15-12-10-8-6-4-2;/h13,19-20H,3-12,14-18H2,1-2H3;/q-1;+1. The fourth-order valence-corrected chi connectivity index (χ4v) is 3.78. The molecule has 1 fully saturated rings. The van der Waals surface area contributed by atoms with Gasteiger partial charge in [0.05, 0.1) is 0 Å². The quantitative estimate of drug-likeness (QED) is 0.284. The van der Waals surface area contributed by atoms with Gasteiger partial charge in [0.25, 0.3) is 0 Å². The van der Waals surface area contributed by atoms with E-state index < -0.39 is 0 Å². The zero-order valence-corrected chi connectivity index (χ0v) is 15.3. The third kappa shape index (κ3) is 11.8. The zero-order chi connectivity index (χ0) is 14.5. The van der Waals surface area contributed by atoms with Crippen LogP contribution in [0.15, 0.2) is 0 Å². The fraction of sp³-hybridized carbons (Fsp3) is 0.950. The van der Waals surface area contributed by atoms with E-state index in [9.17, 15) is 0 Å². The maximum atomic E-state index is 2.61. The molecular formula is C20H39Li. The van der Waals surface area contributed by atoms with Crippen molar-refractivity contribution in [2.75, 3.05) is 0 Å². The van der Waals surface area contributed by atoms with Gasteiger partial charge >= 0.3 is 18.9 Å². The van der Waals surface area contributed by atoms with Crippen molar-refractivity contribution in [3.05, 3.63) is 6.42 Å². The molecule has 1 aliphatic rings. The van der Waals surface area contributed by atoms with Gasteiger partial charge < -0.3 is 6.42 Å². The van der Waals surface area contributed by atoms with Gasteiger partial charge in [-0.05, 0) is 0 Å². The molecule has 2 atom stereocenters. The van der Waals surface area contributed by atoms with Crippen molar-refractivity contribution in [2.24, 2.45) is 11.8 Å². The normalized spacial score (nSPS) is 22.0. The molecule has 0 spiro atoms. The van der Waals surface area contributed by atoms with Crippen molar-refractivity contribution in [2.45, 2.75) is 110 Å². The molecule has 1 rings (SSSR count). The zero-order valence-electron chi connectivity index (χ0n) is 15.3. The van der Waals surface area contributed by atoms with Crippen LogP contribution in [0.5, 0.6) is 0 Å². The van der Waals surface area contributed by atoms with E-state index in [1.165, 1.54) is 96.3 Å². The van der Waals surface area contributed by atoms with Crippen LogP contribution in [0.2, 0.25) is 0 Å². The first-order chi connectivity index (χ1) is 9.86. The minimum atomic E-state index is 0. The van der Waals surface area contributed by atoms with Crippen molar-refractivity contribution >= 4 is 0 Å². The van der Waals surface area contributed by atoms with Crippen LogP contribution in [0.25, 0.3) is 0 Å². The van der Waals surface area contributed by atoms with Crippen molar-refractivity contribution in [1.82, 2.24) is 0 Å². The predicted octanol–water partition coefficient (Wildman–Crippen LogP) is 4.33. The van der Waals surface area contributed by atoms with Gasteiger partial charge in [-0.1, -0.05) is 109 Å². The number of hydrogen-bond acceptors (Lipinski definition) is 0. The van der Waals surface area contributed by atoms with Crippen molar-refractivity contribution in [3.8, 4) is 0 Å². The SMILES string of the molecule is CCCCCCCC1C[CH-]CC(CCCCCCC)C1.[Li+]. The van der Waals surface area contributed by atoms with Crippen LogP contribution >= 0.6 is 0 Å². The maximum absolute atomic E-state index is 2.61. The monoisotopic (exact) mass is 286 g/mol. The summed E-state index contributed by atoms with van der Waals surface area (Å²) in [4.78, 5) is 0. The molecule has 1 saturated carbocycles. The summed E-state index contributed by atoms with van der Waals surface area (Å²) in [5, 5.41) is 0. The summed E-state index contributed by atoms with van der Waals surface area (Å²) >= 11 is 0. The van der Waals surface area contributed by atoms with Gasteiger partial charge in [-0.2, -0.15) is 12.8 Å². The number of rotatable bonds is 12. The molecule has 2 unspecified atom stereocenters. The largest absolute Gasteiger partial charge is 1.00 e. The average molecular weight is 286 g/mol. The minimum absolute atomic E-state index is 0. The summed E-state index contributed by atoms with van der Waals surface area (Å²) in [7, 11) is 0. The van der Waals surface area contributed by atoms with Crippen molar-refractivity contribution in [3.63, 3.8) is 0 Å². The topological polar surface area (TPSA) is 0 Å². The molecule has 0 heterocycles. The van der Waals surface area contributed by atoms with Gasteiger partial charge in [0.1, 0.15) is 0 Å². The van der Waals surface area contributed by atoms with Crippen LogP contribution in [-0.4, -0.2) is 0 Å². The molecule has 0 nitrogen and oxygen atoms in total. The molecule has 0 aromatic rings. The van der Waals surface area contributed by atoms with E-state index in [0.717, 1.165) is 11.8 Å². The fourth-order valence-electron chi connectivity index (χ4n) is 3.78. The van der Waals surface area contributed by atoms with E-state index in [2.05, 4.69) is 20.3 Å². The van der Waals surface area contributed by atoms with Gasteiger partial charge in [-0.25, -0.2) is 0 Å². The molecule has 120 valence electrons. The Labute approximate surface area is 147 Å². The Bertz CT molecular complexity index is 182. The van der Waals surface area contributed by atoms with Crippen LogP contribution in [-0.2, 0) is 0 Å². The van der Waals surface area contributed by atoms with Crippen LogP contribution in [0, 0.1) is 18.3 Å². The van der Waals surface area contributed by atoms with Gasteiger partial charge in [0.15, 0.2) is 0 Å². The Morgan fingerprint density at radius 1 is 0.667 bits per heavy atom. The smallest absolute Gasteiger partial charge is 0.328 e. The second kappa shape index (κ2) is 15.5. The van der Waals surface area contributed by atoms with E-state index in [1.54, 1.807) is 0 Å². The first kappa shape index (κ1) is 21.6. The molecular weight excluding hydrogens is 247 g/mol. The van der Waals surface area contributed by atoms with Crippen molar-refractivity contribution in [1.29, 1.82) is 0 Å². The molecule has 0 amide bonds. The number of unbranched alkanes of at least 4 members (excludes halogenated alkanes) is 8. The summed E-state index contributed by atoms with van der Waals surface area (Å²) in [6.45, 7) is 4.61. The van der Waals surface area contributed by atoms with Crippen molar-refractivity contribution < 1.29 is 18.9 Å². The van der Waals surface area contributed by atoms with Gasteiger partial charge in [-0.15, -0.1) is 0 Å². The van der Waals surface area contributed by atoms with Gasteiger partial charge in [0, 0.05) is 0 Å². The Balaban J connectivity index is 0.00000400. The molecule has 0 bridgehead atoms. The van der Waals surface area contributed by atoms with Crippen LogP contribution in [0.1, 0.15) is 110 Å². The first-order valence-electron chi connectivity index (χ1n) is 9.68. The Morgan fingerprint density at radius 3 is 1.52 bits per heavy atom. The molecule has 0 N–H and O–H groups in total. The van der Waals surface area contributed by atoms with E-state index in [1.807, 2.05) is 0 Å². The third-order valence-electron chi connectivity index (χ3n) is 5.10. The second-order valence-corrected chi connectivity index (χ2v) is 7.13. The second-order valence-electron chi connectivity index (χ2n) is 7.13. The van der Waals surface area contributed by atoms with Gasteiger partial charge in [-0.3, -0.25) is 0 Å². The summed E-state index contributed by atoms with van der Waals surface area (Å²) in [5.74, 6) is 2.07. The van der Waals surface area contributed by atoms with Crippen LogP contribution in [0.3, 0.4) is 0 Å². The maximum Gasteiger partial charge on any atom is 1.00 e. The molecule has 21 heavy (non-hydrogen) atoms. The molecule has 0 aliphatic heterocycles. The number of hydrogen-bond donors (Lipinski definition) is 0. The van der Waals surface area contributed by atoms with E-state index in [4.69, 9.17) is 0 Å². The van der Waals surface area contributed by atoms with Crippen LogP contribution in [0.4, 0.5) is 0 Å². The Kier molecular flexibility index (Phi) is 15.9.